The van der Waals surface area contributed by atoms with E-state index in [2.05, 4.69) is 38.1 Å². The van der Waals surface area contributed by atoms with Gasteiger partial charge in [0.1, 0.15) is 6.10 Å². The van der Waals surface area contributed by atoms with Crippen molar-refractivity contribution in [2.45, 2.75) is 26.4 Å². The number of aliphatic hydroxyl groups excluding tert-OH is 1. The third-order valence-corrected chi connectivity index (χ3v) is 4.66. The molecule has 3 aromatic carbocycles. The molecule has 1 nitrogen and oxygen atoms in total. The number of halogens is 2. The van der Waals surface area contributed by atoms with Crippen LogP contribution in [0.1, 0.15) is 43.1 Å². The van der Waals surface area contributed by atoms with Gasteiger partial charge in [0.25, 0.3) is 0 Å². The van der Waals surface area contributed by atoms with Crippen molar-refractivity contribution in [3.63, 3.8) is 0 Å². The Balaban J connectivity index is 0.000000511. The van der Waals surface area contributed by atoms with E-state index < -0.39 is 6.10 Å². The maximum Gasteiger partial charge on any atom is 3.00 e. The molecule has 0 aromatic heterocycles. The van der Waals surface area contributed by atoms with Crippen molar-refractivity contribution in [2.24, 2.45) is 0 Å². The molecule has 0 fully saturated rings. The Morgan fingerprint density at radius 2 is 1.27 bits per heavy atom. The van der Waals surface area contributed by atoms with E-state index in [0.29, 0.717) is 0 Å². The second kappa shape index (κ2) is 14.4. The topological polar surface area (TPSA) is 20.2 Å². The molecule has 1 N–H and O–H groups in total. The molecule has 0 amide bonds. The second-order valence-electron chi connectivity index (χ2n) is 6.83. The molecule has 0 saturated heterocycles. The van der Waals surface area contributed by atoms with Crippen LogP contribution in [0.5, 0.6) is 0 Å². The summed E-state index contributed by atoms with van der Waals surface area (Å²) in [6.07, 6.45) is 2.83. The van der Waals surface area contributed by atoms with Crippen LogP contribution >= 0.6 is 0 Å². The maximum absolute atomic E-state index is 9.99. The molecule has 0 atom stereocenters. The van der Waals surface area contributed by atoms with E-state index in [-0.39, 0.29) is 46.5 Å². The van der Waals surface area contributed by atoms with Gasteiger partial charge in [0.2, 0.25) is 0 Å². The van der Waals surface area contributed by atoms with E-state index in [1.54, 1.807) is 0 Å². The van der Waals surface area contributed by atoms with Gasteiger partial charge >= 0.3 is 21.7 Å². The van der Waals surface area contributed by atoms with Gasteiger partial charge in [-0.1, -0.05) is 77.9 Å². The first-order valence-electron chi connectivity index (χ1n) is 9.27. The summed E-state index contributed by atoms with van der Waals surface area (Å²) in [7, 11) is 0. The van der Waals surface area contributed by atoms with Gasteiger partial charge in [0.15, 0.2) is 0 Å². The fourth-order valence-electron chi connectivity index (χ4n) is 3.28. The molecule has 1 aliphatic rings. The van der Waals surface area contributed by atoms with Crippen LogP contribution in [0.25, 0.3) is 5.57 Å². The molecule has 0 unspecified atom stereocenters. The van der Waals surface area contributed by atoms with Gasteiger partial charge in [-0.25, -0.2) is 0 Å². The minimum atomic E-state index is -0.516. The molecule has 4 heteroatoms. The Morgan fingerprint density at radius 3 is 1.67 bits per heavy atom. The summed E-state index contributed by atoms with van der Waals surface area (Å²) in [5, 5.41) is 9.99. The van der Waals surface area contributed by atoms with Crippen LogP contribution in [-0.4, -0.2) is 5.11 Å². The van der Waals surface area contributed by atoms with Crippen LogP contribution in [0.4, 0.5) is 0 Å². The van der Waals surface area contributed by atoms with Crippen molar-refractivity contribution in [3.8, 4) is 0 Å². The minimum absolute atomic E-state index is 0. The van der Waals surface area contributed by atoms with Crippen molar-refractivity contribution in [1.82, 2.24) is 0 Å². The SMILES string of the molecule is CC1=CC(C)=C(c2[c-]cccc2)C1.OC(c1ccccc1)c1ccccc1.[Cl-].[Cl-].[Ti+3]. The number of hydrogen-bond acceptors (Lipinski definition) is 1. The third kappa shape index (κ3) is 7.91. The van der Waals surface area contributed by atoms with Crippen LogP contribution in [0.15, 0.2) is 102 Å². The predicted octanol–water partition coefficient (Wildman–Crippen LogP) is 0.384. The number of aliphatic hydroxyl groups is 1. The van der Waals surface area contributed by atoms with E-state index in [1.165, 1.54) is 22.3 Å². The molecule has 0 aliphatic heterocycles. The average Bonchev–Trinajstić information content (AvgIpc) is 3.08. The molecule has 0 bridgehead atoms. The van der Waals surface area contributed by atoms with Crippen molar-refractivity contribution in [3.05, 3.63) is 125 Å². The zero-order chi connectivity index (χ0) is 19.1. The van der Waals surface area contributed by atoms with Gasteiger partial charge in [0.05, 0.1) is 0 Å². The van der Waals surface area contributed by atoms with E-state index in [1.807, 2.05) is 72.8 Å². The Bertz CT molecular complexity index is 884. The summed E-state index contributed by atoms with van der Waals surface area (Å²) in [6, 6.07) is 30.8. The monoisotopic (exact) mass is 471 g/mol. The Morgan fingerprint density at radius 1 is 0.767 bits per heavy atom. The van der Waals surface area contributed by atoms with Gasteiger partial charge in [-0.2, -0.15) is 0 Å². The van der Waals surface area contributed by atoms with Crippen molar-refractivity contribution in [1.29, 1.82) is 0 Å². The van der Waals surface area contributed by atoms with Crippen LogP contribution in [0.2, 0.25) is 0 Å². The van der Waals surface area contributed by atoms with E-state index in [9.17, 15) is 5.11 Å². The van der Waals surface area contributed by atoms with Gasteiger partial charge in [0, 0.05) is 0 Å². The smallest absolute Gasteiger partial charge is 1.00 e. The average molecular weight is 472 g/mol. The summed E-state index contributed by atoms with van der Waals surface area (Å²) in [4.78, 5) is 0. The molecule has 1 radical (unpaired) electrons. The number of benzene rings is 3. The van der Waals surface area contributed by atoms with Gasteiger partial charge < -0.3 is 29.9 Å². The standard InChI is InChI=1S/C13H12O.C13H13.2ClH.Ti/c14-13(11-7-3-1-4-8-11)12-9-5-2-6-10-12;1-10-8-11(2)13(9-10)12-6-4-3-5-7-12;;;/h1-10,13-14H;3-6,8H,9H2,1-2H3;2*1H;/q;-1;;;+3/p-2. The Kier molecular flexibility index (Phi) is 13.6. The summed E-state index contributed by atoms with van der Waals surface area (Å²) in [5.74, 6) is 0. The Labute approximate surface area is 207 Å². The number of allylic oxidation sites excluding steroid dienone is 4. The zero-order valence-electron chi connectivity index (χ0n) is 17.1. The molecule has 0 spiro atoms. The van der Waals surface area contributed by atoms with Crippen LogP contribution in [-0.2, 0) is 21.7 Å². The molecule has 0 saturated carbocycles. The second-order valence-corrected chi connectivity index (χ2v) is 6.83. The summed E-state index contributed by atoms with van der Waals surface area (Å²) in [5.41, 5.74) is 7.37. The first-order chi connectivity index (χ1) is 13.1. The molecule has 30 heavy (non-hydrogen) atoms. The predicted molar refractivity (Wildman–Crippen MR) is 113 cm³/mol. The molecule has 0 heterocycles. The van der Waals surface area contributed by atoms with E-state index in [0.717, 1.165) is 17.5 Å². The van der Waals surface area contributed by atoms with Gasteiger partial charge in [-0.05, 0) is 31.4 Å². The maximum atomic E-state index is 9.99. The third-order valence-electron chi connectivity index (χ3n) is 4.66. The van der Waals surface area contributed by atoms with Crippen LogP contribution in [0.3, 0.4) is 0 Å². The van der Waals surface area contributed by atoms with Crippen LogP contribution in [0, 0.1) is 6.07 Å². The van der Waals surface area contributed by atoms with Crippen molar-refractivity contribution < 1.29 is 51.6 Å². The Hall–Kier alpha value is -1.61. The van der Waals surface area contributed by atoms with Gasteiger partial charge in [-0.3, -0.25) is 0 Å². The number of rotatable bonds is 3. The first kappa shape index (κ1) is 28.4. The normalized spacial score (nSPS) is 11.9. The quantitative estimate of drug-likeness (QED) is 0.432. The van der Waals surface area contributed by atoms with E-state index in [4.69, 9.17) is 0 Å². The van der Waals surface area contributed by atoms with Crippen molar-refractivity contribution in [2.75, 3.05) is 0 Å². The molecular weight excluding hydrogens is 447 g/mol. The first-order valence-corrected chi connectivity index (χ1v) is 9.27. The summed E-state index contributed by atoms with van der Waals surface area (Å²) < 4.78 is 0. The number of hydrogen-bond donors (Lipinski definition) is 1. The minimum Gasteiger partial charge on any atom is -1.00 e. The largest absolute Gasteiger partial charge is 3.00 e. The molecule has 153 valence electrons. The molecular formula is C26H25Cl2OTi. The fraction of sp³-hybridized carbons (Fsp3) is 0.154. The summed E-state index contributed by atoms with van der Waals surface area (Å²) >= 11 is 0. The summed E-state index contributed by atoms with van der Waals surface area (Å²) in [6.45, 7) is 4.35. The molecule has 1 aliphatic carbocycles. The molecule has 4 rings (SSSR count). The molecule has 3 aromatic rings. The van der Waals surface area contributed by atoms with E-state index >= 15 is 0 Å². The van der Waals surface area contributed by atoms with Gasteiger partial charge in [-0.15, -0.1) is 41.5 Å². The van der Waals surface area contributed by atoms with Crippen LogP contribution < -0.4 is 24.8 Å². The fourth-order valence-corrected chi connectivity index (χ4v) is 3.28. The van der Waals surface area contributed by atoms with Crippen molar-refractivity contribution >= 4 is 5.57 Å². The zero-order valence-corrected chi connectivity index (χ0v) is 20.2.